The molecular formula is C37H47N3O7. The first kappa shape index (κ1) is 36.6. The summed E-state index contributed by atoms with van der Waals surface area (Å²) in [6.45, 7) is 11.0. The molecule has 10 heteroatoms. The van der Waals surface area contributed by atoms with Crippen LogP contribution in [0.25, 0.3) is 0 Å². The quantitative estimate of drug-likeness (QED) is 0.187. The largest absolute Gasteiger partial charge is 0.489 e. The Morgan fingerprint density at radius 1 is 0.660 bits per heavy atom. The van der Waals surface area contributed by atoms with Gasteiger partial charge in [-0.15, -0.1) is 0 Å². The Bertz CT molecular complexity index is 1440. The second-order valence-electron chi connectivity index (χ2n) is 12.8. The standard InChI is InChI=1S/C37H47N3O7/c1-25(2)21-31(33(41)38-26(3)35(43)46-24-29-15-11-8-12-16-29)39-34(42)32(40-36(44)47-37(4,5)6)22-27-17-19-30(20-18-27)45-23-28-13-9-7-10-14-28/h7-20,25-26,31-32H,21-24H2,1-6H3,(H,38,41)(H,39,42)(H,40,44)/t26-,31-,32?/m0/s1. The van der Waals surface area contributed by atoms with E-state index in [1.807, 2.05) is 86.6 Å². The average Bonchev–Trinajstić information content (AvgIpc) is 3.02. The molecule has 3 rings (SSSR count). The van der Waals surface area contributed by atoms with E-state index in [4.69, 9.17) is 14.2 Å². The molecule has 0 saturated heterocycles. The van der Waals surface area contributed by atoms with Gasteiger partial charge in [0.25, 0.3) is 0 Å². The molecular weight excluding hydrogens is 598 g/mol. The van der Waals surface area contributed by atoms with Gasteiger partial charge in [0.05, 0.1) is 0 Å². The summed E-state index contributed by atoms with van der Waals surface area (Å²) >= 11 is 0. The van der Waals surface area contributed by atoms with Gasteiger partial charge in [-0.3, -0.25) is 9.59 Å². The molecule has 0 saturated carbocycles. The third kappa shape index (κ3) is 13.6. The van der Waals surface area contributed by atoms with Crippen LogP contribution in [0.15, 0.2) is 84.9 Å². The van der Waals surface area contributed by atoms with Gasteiger partial charge in [0, 0.05) is 6.42 Å². The lowest BCUT2D eigenvalue weighted by atomic mass is 10.0. The van der Waals surface area contributed by atoms with Gasteiger partial charge in [0.2, 0.25) is 11.8 Å². The fourth-order valence-electron chi connectivity index (χ4n) is 4.56. The zero-order valence-corrected chi connectivity index (χ0v) is 28.1. The summed E-state index contributed by atoms with van der Waals surface area (Å²) in [5.74, 6) is -1.01. The highest BCUT2D eigenvalue weighted by Gasteiger charge is 2.30. The van der Waals surface area contributed by atoms with Crippen LogP contribution in [0, 0.1) is 5.92 Å². The van der Waals surface area contributed by atoms with Gasteiger partial charge in [-0.1, -0.05) is 86.6 Å². The molecule has 0 aromatic heterocycles. The molecule has 3 N–H and O–H groups in total. The number of benzene rings is 3. The Hall–Kier alpha value is -4.86. The van der Waals surface area contributed by atoms with Gasteiger partial charge < -0.3 is 30.2 Å². The molecule has 252 valence electrons. The molecule has 3 aromatic rings. The van der Waals surface area contributed by atoms with Crippen molar-refractivity contribution < 1.29 is 33.4 Å². The van der Waals surface area contributed by atoms with Crippen molar-refractivity contribution in [1.82, 2.24) is 16.0 Å². The van der Waals surface area contributed by atoms with Gasteiger partial charge in [-0.2, -0.15) is 0 Å². The normalized spacial score (nSPS) is 13.1. The molecule has 10 nitrogen and oxygen atoms in total. The van der Waals surface area contributed by atoms with E-state index in [-0.39, 0.29) is 18.9 Å². The minimum absolute atomic E-state index is 0.0343. The van der Waals surface area contributed by atoms with E-state index in [1.165, 1.54) is 6.92 Å². The highest BCUT2D eigenvalue weighted by atomic mass is 16.6. The Morgan fingerprint density at radius 3 is 1.77 bits per heavy atom. The van der Waals surface area contributed by atoms with Crippen molar-refractivity contribution in [3.05, 3.63) is 102 Å². The number of rotatable bonds is 15. The van der Waals surface area contributed by atoms with Gasteiger partial charge in [0.15, 0.2) is 0 Å². The summed E-state index contributed by atoms with van der Waals surface area (Å²) in [6, 6.07) is 23.3. The number of esters is 1. The second kappa shape index (κ2) is 17.7. The van der Waals surface area contributed by atoms with Crippen molar-refractivity contribution in [2.24, 2.45) is 5.92 Å². The molecule has 0 fully saturated rings. The molecule has 0 heterocycles. The summed E-state index contributed by atoms with van der Waals surface area (Å²) in [5, 5.41) is 8.12. The Kier molecular flexibility index (Phi) is 13.8. The Labute approximate surface area is 277 Å². The van der Waals surface area contributed by atoms with Crippen LogP contribution in [0.3, 0.4) is 0 Å². The van der Waals surface area contributed by atoms with Gasteiger partial charge >= 0.3 is 12.1 Å². The molecule has 3 amide bonds. The zero-order valence-electron chi connectivity index (χ0n) is 28.1. The van der Waals surface area contributed by atoms with Crippen LogP contribution in [0.2, 0.25) is 0 Å². The summed E-state index contributed by atoms with van der Waals surface area (Å²) in [5.41, 5.74) is 1.83. The van der Waals surface area contributed by atoms with Gasteiger partial charge in [-0.25, -0.2) is 9.59 Å². The molecule has 3 aromatic carbocycles. The van der Waals surface area contributed by atoms with Crippen molar-refractivity contribution in [2.45, 2.75) is 91.3 Å². The van der Waals surface area contributed by atoms with Crippen LogP contribution in [-0.2, 0) is 43.5 Å². The van der Waals surface area contributed by atoms with Crippen molar-refractivity contribution in [3.63, 3.8) is 0 Å². The van der Waals surface area contributed by atoms with Crippen LogP contribution in [0.1, 0.15) is 64.7 Å². The lowest BCUT2D eigenvalue weighted by Gasteiger charge is -2.26. The van der Waals surface area contributed by atoms with E-state index in [1.54, 1.807) is 32.9 Å². The van der Waals surface area contributed by atoms with Crippen LogP contribution in [0.5, 0.6) is 5.75 Å². The smallest absolute Gasteiger partial charge is 0.408 e. The molecule has 0 aliphatic carbocycles. The van der Waals surface area contributed by atoms with Crippen molar-refractivity contribution in [2.75, 3.05) is 0 Å². The number of carbonyl (C=O) groups is 4. The van der Waals surface area contributed by atoms with Crippen molar-refractivity contribution >= 4 is 23.9 Å². The molecule has 1 unspecified atom stereocenters. The van der Waals surface area contributed by atoms with Crippen molar-refractivity contribution in [3.8, 4) is 5.75 Å². The SMILES string of the molecule is CC(C)C[C@H](NC(=O)C(Cc1ccc(OCc2ccccc2)cc1)NC(=O)OC(C)(C)C)C(=O)N[C@@H](C)C(=O)OCc1ccccc1. The van der Waals surface area contributed by atoms with E-state index in [0.29, 0.717) is 18.8 Å². The molecule has 3 atom stereocenters. The maximum Gasteiger partial charge on any atom is 0.408 e. The lowest BCUT2D eigenvalue weighted by molar-refractivity contribution is -0.148. The second-order valence-corrected chi connectivity index (χ2v) is 12.8. The van der Waals surface area contributed by atoms with Crippen LogP contribution >= 0.6 is 0 Å². The summed E-state index contributed by atoms with van der Waals surface area (Å²) in [4.78, 5) is 52.4. The Balaban J connectivity index is 1.68. The van der Waals surface area contributed by atoms with Crippen LogP contribution < -0.4 is 20.7 Å². The van der Waals surface area contributed by atoms with E-state index >= 15 is 0 Å². The number of ether oxygens (including phenoxy) is 3. The third-order valence-electron chi connectivity index (χ3n) is 6.90. The fourth-order valence-corrected chi connectivity index (χ4v) is 4.56. The highest BCUT2D eigenvalue weighted by Crippen LogP contribution is 2.17. The number of amides is 3. The number of hydrogen-bond donors (Lipinski definition) is 3. The van der Waals surface area contributed by atoms with Crippen molar-refractivity contribution in [1.29, 1.82) is 0 Å². The molecule has 0 spiro atoms. The highest BCUT2D eigenvalue weighted by molar-refractivity contribution is 5.93. The number of alkyl carbamates (subject to hydrolysis) is 1. The first-order valence-corrected chi connectivity index (χ1v) is 15.9. The average molecular weight is 646 g/mol. The number of nitrogens with one attached hydrogen (secondary N) is 3. The predicted octanol–water partition coefficient (Wildman–Crippen LogP) is 5.48. The summed E-state index contributed by atoms with van der Waals surface area (Å²) in [7, 11) is 0. The third-order valence-corrected chi connectivity index (χ3v) is 6.90. The Morgan fingerprint density at radius 2 is 1.21 bits per heavy atom. The van der Waals surface area contributed by atoms with E-state index in [2.05, 4.69) is 16.0 Å². The first-order valence-electron chi connectivity index (χ1n) is 15.9. The first-order chi connectivity index (χ1) is 22.3. The summed E-state index contributed by atoms with van der Waals surface area (Å²) in [6.07, 6.45) is -0.335. The number of carbonyl (C=O) groups excluding carboxylic acids is 4. The number of hydrogen-bond acceptors (Lipinski definition) is 7. The lowest BCUT2D eigenvalue weighted by Crippen LogP contribution is -2.56. The monoisotopic (exact) mass is 645 g/mol. The predicted molar refractivity (Wildman–Crippen MR) is 179 cm³/mol. The molecule has 0 aliphatic heterocycles. The van der Waals surface area contributed by atoms with Crippen LogP contribution in [-0.4, -0.2) is 47.6 Å². The van der Waals surface area contributed by atoms with Crippen LogP contribution in [0.4, 0.5) is 4.79 Å². The van der Waals surface area contributed by atoms with E-state index in [0.717, 1.165) is 16.7 Å². The topological polar surface area (TPSA) is 132 Å². The van der Waals surface area contributed by atoms with E-state index < -0.39 is 47.6 Å². The maximum absolute atomic E-state index is 13.7. The van der Waals surface area contributed by atoms with Gasteiger partial charge in [0.1, 0.15) is 42.7 Å². The van der Waals surface area contributed by atoms with E-state index in [9.17, 15) is 19.2 Å². The van der Waals surface area contributed by atoms with Gasteiger partial charge in [-0.05, 0) is 68.9 Å². The summed E-state index contributed by atoms with van der Waals surface area (Å²) < 4.78 is 16.6. The fraction of sp³-hybridized carbons (Fsp3) is 0.405. The molecule has 47 heavy (non-hydrogen) atoms. The minimum atomic E-state index is -1.06. The zero-order chi connectivity index (χ0) is 34.4. The maximum atomic E-state index is 13.7. The molecule has 0 bridgehead atoms. The molecule has 0 radical (unpaired) electrons. The minimum Gasteiger partial charge on any atom is -0.489 e. The molecule has 0 aliphatic rings.